The Bertz CT molecular complexity index is 387. The molecule has 0 saturated carbocycles. The molecule has 2 heterocycles. The van der Waals surface area contributed by atoms with Gasteiger partial charge in [0.25, 0.3) is 0 Å². The first kappa shape index (κ1) is 28.0. The zero-order valence-electron chi connectivity index (χ0n) is 20.9. The fourth-order valence-electron chi connectivity index (χ4n) is 4.67. The number of hydrogen-bond donors (Lipinski definition) is 1. The van der Waals surface area contributed by atoms with Crippen LogP contribution in [-0.2, 0) is 18.9 Å². The second-order valence-electron chi connectivity index (χ2n) is 9.85. The van der Waals surface area contributed by atoms with Crippen LogP contribution >= 0.6 is 0 Å². The summed E-state index contributed by atoms with van der Waals surface area (Å²) in [4.78, 5) is 0. The van der Waals surface area contributed by atoms with Gasteiger partial charge in [-0.3, -0.25) is 0 Å². The predicted molar refractivity (Wildman–Crippen MR) is 129 cm³/mol. The molecule has 2 saturated heterocycles. The maximum atomic E-state index is 10.2. The lowest BCUT2D eigenvalue weighted by Gasteiger charge is -2.31. The van der Waals surface area contributed by atoms with E-state index in [9.17, 15) is 5.11 Å². The number of rotatable bonds is 19. The largest absolute Gasteiger partial charge is 0.393 e. The summed E-state index contributed by atoms with van der Waals surface area (Å²) in [6, 6.07) is 0. The van der Waals surface area contributed by atoms with Gasteiger partial charge in [0.15, 0.2) is 18.9 Å². The van der Waals surface area contributed by atoms with E-state index in [0.717, 1.165) is 71.0 Å². The molecule has 2 aliphatic rings. The van der Waals surface area contributed by atoms with Gasteiger partial charge in [0.1, 0.15) is 0 Å². The molecule has 1 N–H and O–H groups in total. The van der Waals surface area contributed by atoms with E-state index < -0.39 is 0 Å². The highest BCUT2D eigenvalue weighted by molar-refractivity contribution is 4.61. The van der Waals surface area contributed by atoms with Crippen molar-refractivity contribution >= 4 is 0 Å². The molecule has 0 amide bonds. The maximum Gasteiger partial charge on any atom is 0.163 e. The average molecular weight is 457 g/mol. The summed E-state index contributed by atoms with van der Waals surface area (Å²) in [5.41, 5.74) is 0. The summed E-state index contributed by atoms with van der Waals surface area (Å²) in [6.45, 7) is 3.84. The third-order valence-electron chi connectivity index (χ3n) is 6.75. The molecule has 0 radical (unpaired) electrons. The van der Waals surface area contributed by atoms with Gasteiger partial charge in [-0.25, -0.2) is 0 Å². The summed E-state index contributed by atoms with van der Waals surface area (Å²) in [5.74, 6) is 0. The van der Waals surface area contributed by atoms with Gasteiger partial charge in [-0.1, -0.05) is 71.1 Å². The minimum Gasteiger partial charge on any atom is -0.393 e. The van der Waals surface area contributed by atoms with E-state index in [1.165, 1.54) is 70.6 Å². The van der Waals surface area contributed by atoms with Gasteiger partial charge in [-0.05, 0) is 64.2 Å². The predicted octanol–water partition coefficient (Wildman–Crippen LogP) is 7.24. The van der Waals surface area contributed by atoms with E-state index in [1.807, 2.05) is 0 Å². The molecule has 5 nitrogen and oxygen atoms in total. The van der Waals surface area contributed by atoms with Gasteiger partial charge in [0, 0.05) is 13.2 Å². The standard InChI is InChI=1S/C27H52O5/c1-2-3-4-5-7-10-17-24(28)18-11-8-6-9-12-21-27(31-25-19-13-15-22-29-25)32-26-20-14-16-23-30-26/h24-28H,2-23H2,1H3. The third-order valence-corrected chi connectivity index (χ3v) is 6.75. The number of unbranched alkanes of at least 4 members (excludes halogenated alkanes) is 9. The summed E-state index contributed by atoms with van der Waals surface area (Å²) >= 11 is 0. The molecule has 2 aliphatic heterocycles. The highest BCUT2D eigenvalue weighted by Gasteiger charge is 2.24. The molecular weight excluding hydrogens is 404 g/mol. The van der Waals surface area contributed by atoms with Crippen molar-refractivity contribution in [2.45, 2.75) is 160 Å². The second kappa shape index (κ2) is 19.1. The lowest BCUT2D eigenvalue weighted by molar-refractivity contribution is -0.306. The van der Waals surface area contributed by atoms with Crippen LogP contribution in [0, 0.1) is 0 Å². The van der Waals surface area contributed by atoms with Gasteiger partial charge in [-0.2, -0.15) is 0 Å². The molecule has 0 aromatic heterocycles. The number of aliphatic hydroxyl groups is 1. The van der Waals surface area contributed by atoms with Crippen LogP contribution in [-0.4, -0.2) is 43.3 Å². The first-order valence-corrected chi connectivity index (χ1v) is 14.0. The lowest BCUT2D eigenvalue weighted by atomic mass is 10.0. The van der Waals surface area contributed by atoms with Crippen molar-refractivity contribution in [3.05, 3.63) is 0 Å². The van der Waals surface area contributed by atoms with Crippen molar-refractivity contribution < 1.29 is 24.1 Å². The van der Waals surface area contributed by atoms with E-state index in [2.05, 4.69) is 6.92 Å². The van der Waals surface area contributed by atoms with Crippen molar-refractivity contribution in [1.82, 2.24) is 0 Å². The van der Waals surface area contributed by atoms with Crippen molar-refractivity contribution in [1.29, 1.82) is 0 Å². The Hall–Kier alpha value is -0.200. The normalized spacial score (nSPS) is 23.8. The van der Waals surface area contributed by atoms with Crippen molar-refractivity contribution in [2.75, 3.05) is 13.2 Å². The van der Waals surface area contributed by atoms with Gasteiger partial charge in [-0.15, -0.1) is 0 Å². The topological polar surface area (TPSA) is 57.2 Å². The summed E-state index contributed by atoms with van der Waals surface area (Å²) in [7, 11) is 0. The molecule has 5 heteroatoms. The molecule has 32 heavy (non-hydrogen) atoms. The Morgan fingerprint density at radius 1 is 0.656 bits per heavy atom. The molecular formula is C27H52O5. The zero-order valence-corrected chi connectivity index (χ0v) is 20.9. The molecule has 0 aromatic rings. The van der Waals surface area contributed by atoms with Crippen molar-refractivity contribution in [3.63, 3.8) is 0 Å². The highest BCUT2D eigenvalue weighted by Crippen LogP contribution is 2.23. The van der Waals surface area contributed by atoms with Crippen LogP contribution < -0.4 is 0 Å². The van der Waals surface area contributed by atoms with Gasteiger partial charge < -0.3 is 24.1 Å². The quantitative estimate of drug-likeness (QED) is 0.164. The highest BCUT2D eigenvalue weighted by atomic mass is 16.8. The molecule has 0 spiro atoms. The lowest BCUT2D eigenvalue weighted by Crippen LogP contribution is -2.34. The molecule has 0 bridgehead atoms. The SMILES string of the molecule is CCCCCCCCC(O)CCCCCCCC(OC1CCCCO1)OC1CCCCO1. The van der Waals surface area contributed by atoms with Crippen LogP contribution in [0.3, 0.4) is 0 Å². The molecule has 190 valence electrons. The summed E-state index contributed by atoms with van der Waals surface area (Å²) in [6.07, 6.45) is 22.5. The Labute approximate surface area is 197 Å². The van der Waals surface area contributed by atoms with Gasteiger partial charge >= 0.3 is 0 Å². The molecule has 3 unspecified atom stereocenters. The van der Waals surface area contributed by atoms with Crippen LogP contribution in [0.2, 0.25) is 0 Å². The fourth-order valence-corrected chi connectivity index (χ4v) is 4.67. The zero-order chi connectivity index (χ0) is 22.7. The smallest absolute Gasteiger partial charge is 0.163 e. The Morgan fingerprint density at radius 3 is 1.59 bits per heavy atom. The second-order valence-corrected chi connectivity index (χ2v) is 9.85. The van der Waals surface area contributed by atoms with Gasteiger partial charge in [0.05, 0.1) is 6.10 Å². The average Bonchev–Trinajstić information content (AvgIpc) is 2.82. The van der Waals surface area contributed by atoms with Crippen LogP contribution in [0.15, 0.2) is 0 Å². The third kappa shape index (κ3) is 14.1. The van der Waals surface area contributed by atoms with E-state index >= 15 is 0 Å². The van der Waals surface area contributed by atoms with Crippen LogP contribution in [0.4, 0.5) is 0 Å². The van der Waals surface area contributed by atoms with Crippen LogP contribution in [0.25, 0.3) is 0 Å². The molecule has 2 rings (SSSR count). The van der Waals surface area contributed by atoms with E-state index in [0.29, 0.717) is 0 Å². The first-order chi connectivity index (χ1) is 15.8. The van der Waals surface area contributed by atoms with Crippen LogP contribution in [0.5, 0.6) is 0 Å². The van der Waals surface area contributed by atoms with E-state index in [1.54, 1.807) is 0 Å². The monoisotopic (exact) mass is 456 g/mol. The Kier molecular flexibility index (Phi) is 16.8. The number of aliphatic hydroxyl groups excluding tert-OH is 1. The summed E-state index contributed by atoms with van der Waals surface area (Å²) < 4.78 is 23.9. The van der Waals surface area contributed by atoms with Crippen molar-refractivity contribution in [3.8, 4) is 0 Å². The number of ether oxygens (including phenoxy) is 4. The van der Waals surface area contributed by atoms with Gasteiger partial charge in [0.2, 0.25) is 0 Å². The fraction of sp³-hybridized carbons (Fsp3) is 1.00. The Balaban J connectivity index is 1.49. The maximum absolute atomic E-state index is 10.2. The van der Waals surface area contributed by atoms with E-state index in [4.69, 9.17) is 18.9 Å². The molecule has 0 aliphatic carbocycles. The van der Waals surface area contributed by atoms with Crippen LogP contribution in [0.1, 0.15) is 135 Å². The first-order valence-electron chi connectivity index (χ1n) is 14.0. The molecule has 3 atom stereocenters. The minimum atomic E-state index is -0.222. The Morgan fingerprint density at radius 2 is 1.12 bits per heavy atom. The number of hydrogen-bond acceptors (Lipinski definition) is 5. The van der Waals surface area contributed by atoms with E-state index in [-0.39, 0.29) is 25.0 Å². The van der Waals surface area contributed by atoms with Crippen molar-refractivity contribution in [2.24, 2.45) is 0 Å². The summed E-state index contributed by atoms with van der Waals surface area (Å²) in [5, 5.41) is 10.2. The molecule has 0 aromatic carbocycles. The minimum absolute atomic E-state index is 0.0988. The molecule has 2 fully saturated rings.